The molecule has 0 aliphatic heterocycles. The minimum atomic E-state index is 0.124. The van der Waals surface area contributed by atoms with Gasteiger partial charge in [-0.1, -0.05) is 24.3 Å². The molecule has 2 aromatic carbocycles. The van der Waals surface area contributed by atoms with Gasteiger partial charge in [0.15, 0.2) is 5.78 Å². The summed E-state index contributed by atoms with van der Waals surface area (Å²) in [4.78, 5) is 11.2. The number of aryl methyl sites for hydroxylation is 1. The number of rotatable bonds is 1. The third-order valence-electron chi connectivity index (χ3n) is 2.48. The van der Waals surface area contributed by atoms with Crippen molar-refractivity contribution in [3.05, 3.63) is 47.5 Å². The number of ketones is 1. The van der Waals surface area contributed by atoms with Crippen LogP contribution in [0.4, 0.5) is 0 Å². The molecule has 0 amide bonds. The molecule has 0 bridgehead atoms. The summed E-state index contributed by atoms with van der Waals surface area (Å²) in [6.45, 7) is 3.64. The number of Topliss-reactive ketones (excluding diaryl/α,β-unsaturated/α-hetero) is 1. The van der Waals surface area contributed by atoms with E-state index in [0.717, 1.165) is 16.5 Å². The van der Waals surface area contributed by atoms with Crippen LogP contribution in [0.3, 0.4) is 0 Å². The molecule has 0 N–H and O–H groups in total. The minimum Gasteiger partial charge on any atom is -0.295 e. The smallest absolute Gasteiger partial charge is 0.159 e. The molecule has 2 aromatic rings. The first-order valence-electron chi connectivity index (χ1n) is 4.69. The molecular formula is C13H12O. The van der Waals surface area contributed by atoms with E-state index in [-0.39, 0.29) is 5.78 Å². The summed E-state index contributed by atoms with van der Waals surface area (Å²) in [6, 6.07) is 12.0. The van der Waals surface area contributed by atoms with Crippen LogP contribution in [0.15, 0.2) is 36.4 Å². The van der Waals surface area contributed by atoms with E-state index in [0.29, 0.717) is 0 Å². The topological polar surface area (TPSA) is 17.1 Å². The number of carbonyl (C=O) groups excluding carboxylic acids is 1. The van der Waals surface area contributed by atoms with Gasteiger partial charge in [-0.15, -0.1) is 0 Å². The number of carbonyl (C=O) groups is 1. The summed E-state index contributed by atoms with van der Waals surface area (Å²) < 4.78 is 0. The largest absolute Gasteiger partial charge is 0.295 e. The number of benzene rings is 2. The molecule has 70 valence electrons. The van der Waals surface area contributed by atoms with E-state index in [2.05, 4.69) is 6.07 Å². The summed E-state index contributed by atoms with van der Waals surface area (Å²) in [5, 5.41) is 2.36. The predicted octanol–water partition coefficient (Wildman–Crippen LogP) is 3.35. The Morgan fingerprint density at radius 2 is 1.86 bits per heavy atom. The summed E-state index contributed by atoms with van der Waals surface area (Å²) in [7, 11) is 0. The van der Waals surface area contributed by atoms with Gasteiger partial charge in [0.25, 0.3) is 0 Å². The molecule has 0 radical (unpaired) electrons. The molecule has 0 aromatic heterocycles. The van der Waals surface area contributed by atoms with E-state index in [1.807, 2.05) is 37.3 Å². The van der Waals surface area contributed by atoms with E-state index < -0.39 is 0 Å². The number of hydrogen-bond donors (Lipinski definition) is 0. The molecule has 2 rings (SSSR count). The molecule has 0 aliphatic rings. The van der Waals surface area contributed by atoms with Crippen LogP contribution in [0.1, 0.15) is 22.8 Å². The van der Waals surface area contributed by atoms with Crippen LogP contribution < -0.4 is 0 Å². The summed E-state index contributed by atoms with van der Waals surface area (Å²) in [5.74, 6) is 0.124. The van der Waals surface area contributed by atoms with Crippen LogP contribution >= 0.6 is 0 Å². The van der Waals surface area contributed by atoms with Crippen LogP contribution in [0, 0.1) is 6.92 Å². The lowest BCUT2D eigenvalue weighted by atomic mass is 10.0. The maximum atomic E-state index is 11.2. The fraction of sp³-hybridized carbons (Fsp3) is 0.154. The van der Waals surface area contributed by atoms with Gasteiger partial charge in [0.05, 0.1) is 0 Å². The van der Waals surface area contributed by atoms with E-state index in [1.54, 1.807) is 6.92 Å². The Morgan fingerprint density at radius 3 is 2.57 bits per heavy atom. The fourth-order valence-corrected chi connectivity index (χ4v) is 1.71. The average Bonchev–Trinajstić information content (AvgIpc) is 2.17. The highest BCUT2D eigenvalue weighted by Crippen LogP contribution is 2.20. The van der Waals surface area contributed by atoms with Crippen molar-refractivity contribution in [1.29, 1.82) is 0 Å². The highest BCUT2D eigenvalue weighted by molar-refractivity contribution is 5.99. The van der Waals surface area contributed by atoms with E-state index in [1.165, 1.54) is 5.39 Å². The van der Waals surface area contributed by atoms with Gasteiger partial charge in [-0.2, -0.15) is 0 Å². The first kappa shape index (κ1) is 8.95. The predicted molar refractivity (Wildman–Crippen MR) is 58.7 cm³/mol. The lowest BCUT2D eigenvalue weighted by Crippen LogP contribution is -1.93. The summed E-state index contributed by atoms with van der Waals surface area (Å²) >= 11 is 0. The molecular weight excluding hydrogens is 172 g/mol. The Hall–Kier alpha value is -1.63. The third kappa shape index (κ3) is 1.41. The number of hydrogen-bond acceptors (Lipinski definition) is 1. The lowest BCUT2D eigenvalue weighted by Gasteiger charge is -2.04. The van der Waals surface area contributed by atoms with Gasteiger partial charge in [-0.3, -0.25) is 4.79 Å². The Bertz CT molecular complexity index is 498. The molecule has 1 heteroatoms. The van der Waals surface area contributed by atoms with Gasteiger partial charge in [-0.25, -0.2) is 0 Å². The quantitative estimate of drug-likeness (QED) is 0.621. The van der Waals surface area contributed by atoms with Gasteiger partial charge in [0, 0.05) is 5.56 Å². The minimum absolute atomic E-state index is 0.124. The molecule has 0 saturated heterocycles. The maximum absolute atomic E-state index is 11.2. The second-order valence-electron chi connectivity index (χ2n) is 3.57. The monoisotopic (exact) mass is 184 g/mol. The maximum Gasteiger partial charge on any atom is 0.159 e. The van der Waals surface area contributed by atoms with Crippen molar-refractivity contribution in [2.24, 2.45) is 0 Å². The first-order valence-corrected chi connectivity index (χ1v) is 4.69. The van der Waals surface area contributed by atoms with Gasteiger partial charge in [-0.05, 0) is 42.3 Å². The SMILES string of the molecule is CC(=O)c1cc(C)c2ccccc2c1. The van der Waals surface area contributed by atoms with Crippen LogP contribution in [-0.2, 0) is 0 Å². The number of fused-ring (bicyclic) bond motifs is 1. The molecule has 0 heterocycles. The van der Waals surface area contributed by atoms with Gasteiger partial charge in [0.1, 0.15) is 0 Å². The van der Waals surface area contributed by atoms with Crippen LogP contribution in [0.2, 0.25) is 0 Å². The molecule has 0 spiro atoms. The average molecular weight is 184 g/mol. The van der Waals surface area contributed by atoms with Gasteiger partial charge < -0.3 is 0 Å². The van der Waals surface area contributed by atoms with Crippen molar-refractivity contribution in [3.8, 4) is 0 Å². The molecule has 0 fully saturated rings. The van der Waals surface area contributed by atoms with Crippen molar-refractivity contribution in [3.63, 3.8) is 0 Å². The molecule has 0 atom stereocenters. The molecule has 1 nitrogen and oxygen atoms in total. The lowest BCUT2D eigenvalue weighted by molar-refractivity contribution is 0.101. The van der Waals surface area contributed by atoms with Crippen molar-refractivity contribution in [2.45, 2.75) is 13.8 Å². The summed E-state index contributed by atoms with van der Waals surface area (Å²) in [5.41, 5.74) is 1.95. The van der Waals surface area contributed by atoms with Crippen molar-refractivity contribution in [1.82, 2.24) is 0 Å². The highest BCUT2D eigenvalue weighted by Gasteiger charge is 2.03. The van der Waals surface area contributed by atoms with E-state index >= 15 is 0 Å². The van der Waals surface area contributed by atoms with Crippen LogP contribution in [0.5, 0.6) is 0 Å². The molecule has 0 aliphatic carbocycles. The molecule has 0 saturated carbocycles. The molecule has 0 unspecified atom stereocenters. The first-order chi connectivity index (χ1) is 6.68. The zero-order valence-electron chi connectivity index (χ0n) is 8.37. The second kappa shape index (κ2) is 3.26. The highest BCUT2D eigenvalue weighted by atomic mass is 16.1. The van der Waals surface area contributed by atoms with Crippen LogP contribution in [0.25, 0.3) is 10.8 Å². The van der Waals surface area contributed by atoms with Gasteiger partial charge in [0.2, 0.25) is 0 Å². The van der Waals surface area contributed by atoms with Crippen molar-refractivity contribution >= 4 is 16.6 Å². The Balaban J connectivity index is 2.78. The van der Waals surface area contributed by atoms with Gasteiger partial charge >= 0.3 is 0 Å². The third-order valence-corrected chi connectivity index (χ3v) is 2.48. The second-order valence-corrected chi connectivity index (χ2v) is 3.57. The Kier molecular flexibility index (Phi) is 2.08. The zero-order valence-corrected chi connectivity index (χ0v) is 8.37. The Labute approximate surface area is 83.4 Å². The van der Waals surface area contributed by atoms with Crippen molar-refractivity contribution < 1.29 is 4.79 Å². The van der Waals surface area contributed by atoms with Crippen LogP contribution in [-0.4, -0.2) is 5.78 Å². The summed E-state index contributed by atoms with van der Waals surface area (Å²) in [6.07, 6.45) is 0. The fourth-order valence-electron chi connectivity index (χ4n) is 1.71. The van der Waals surface area contributed by atoms with E-state index in [9.17, 15) is 4.79 Å². The molecule has 14 heavy (non-hydrogen) atoms. The Morgan fingerprint density at radius 1 is 1.14 bits per heavy atom. The standard InChI is InChI=1S/C13H12O/c1-9-7-12(10(2)14)8-11-5-3-4-6-13(9)11/h3-8H,1-2H3. The van der Waals surface area contributed by atoms with Crippen molar-refractivity contribution in [2.75, 3.05) is 0 Å². The zero-order chi connectivity index (χ0) is 10.1. The normalized spacial score (nSPS) is 10.4. The van der Waals surface area contributed by atoms with E-state index in [4.69, 9.17) is 0 Å².